The molecule has 0 aliphatic heterocycles. The first kappa shape index (κ1) is 11.1. The Balaban J connectivity index is 2.72. The van der Waals surface area contributed by atoms with Crippen molar-refractivity contribution in [3.05, 3.63) is 30.5 Å². The van der Waals surface area contributed by atoms with Crippen molar-refractivity contribution in [2.24, 2.45) is 0 Å². The Morgan fingerprint density at radius 2 is 2.12 bits per heavy atom. The van der Waals surface area contributed by atoms with Gasteiger partial charge in [0.15, 0.2) is 0 Å². The van der Waals surface area contributed by atoms with Crippen LogP contribution in [0.25, 0.3) is 10.9 Å². The van der Waals surface area contributed by atoms with Crippen LogP contribution in [0.5, 0.6) is 5.75 Å². The molecule has 0 saturated heterocycles. The van der Waals surface area contributed by atoms with Crippen molar-refractivity contribution >= 4 is 21.7 Å². The van der Waals surface area contributed by atoms with Crippen molar-refractivity contribution < 1.29 is 8.95 Å². The Morgan fingerprint density at radius 3 is 2.81 bits per heavy atom. The molecule has 1 aromatic heterocycles. The van der Waals surface area contributed by atoms with Crippen molar-refractivity contribution in [2.45, 2.75) is 11.8 Å². The molecule has 16 heavy (non-hydrogen) atoms. The van der Waals surface area contributed by atoms with Gasteiger partial charge in [0, 0.05) is 17.3 Å². The molecule has 1 unspecified atom stereocenters. The molecule has 0 saturated carbocycles. The Hall–Kier alpha value is -1.42. The number of hydrogen-bond donors (Lipinski definition) is 0. The number of fused-ring (bicyclic) bond motifs is 1. The summed E-state index contributed by atoms with van der Waals surface area (Å²) in [4.78, 5) is 4.96. The van der Waals surface area contributed by atoms with Crippen LogP contribution in [-0.4, -0.2) is 22.1 Å². The predicted molar refractivity (Wildman–Crippen MR) is 65.2 cm³/mol. The fourth-order valence-corrected chi connectivity index (χ4v) is 2.51. The third-order valence-electron chi connectivity index (χ3n) is 2.40. The van der Waals surface area contributed by atoms with Gasteiger partial charge in [0.2, 0.25) is 0 Å². The molecule has 0 bridgehead atoms. The van der Waals surface area contributed by atoms with Gasteiger partial charge in [-0.1, -0.05) is 19.1 Å². The van der Waals surface area contributed by atoms with Gasteiger partial charge in [0.25, 0.3) is 0 Å². The Bertz CT molecular complexity index is 540. The number of ether oxygens (including phenoxy) is 1. The zero-order valence-electron chi connectivity index (χ0n) is 9.27. The summed E-state index contributed by atoms with van der Waals surface area (Å²) in [7, 11) is 0.550. The molecule has 0 radical (unpaired) electrons. The lowest BCUT2D eigenvalue weighted by Gasteiger charge is -2.09. The highest BCUT2D eigenvalue weighted by molar-refractivity contribution is 7.85. The lowest BCUT2D eigenvalue weighted by Crippen LogP contribution is -2.00. The maximum Gasteiger partial charge on any atom is 0.145 e. The maximum absolute atomic E-state index is 11.8. The van der Waals surface area contributed by atoms with Crippen LogP contribution in [-0.2, 0) is 10.8 Å². The monoisotopic (exact) mass is 235 g/mol. The molecule has 0 amide bonds. The van der Waals surface area contributed by atoms with Crippen LogP contribution in [0.4, 0.5) is 0 Å². The van der Waals surface area contributed by atoms with Crippen molar-refractivity contribution in [3.63, 3.8) is 0 Å². The minimum absolute atomic E-state index is 0.566. The number of methoxy groups -OCH3 is 1. The Labute approximate surface area is 96.9 Å². The quantitative estimate of drug-likeness (QED) is 0.820. The first-order valence-electron chi connectivity index (χ1n) is 5.08. The van der Waals surface area contributed by atoms with E-state index in [4.69, 9.17) is 4.74 Å². The minimum Gasteiger partial charge on any atom is -0.495 e. The smallest absolute Gasteiger partial charge is 0.145 e. The zero-order chi connectivity index (χ0) is 11.5. The van der Waals surface area contributed by atoms with E-state index in [-0.39, 0.29) is 0 Å². The van der Waals surface area contributed by atoms with Gasteiger partial charge in [0.1, 0.15) is 5.75 Å². The molecule has 1 atom stereocenters. The van der Waals surface area contributed by atoms with Crippen molar-refractivity contribution in [1.82, 2.24) is 4.98 Å². The van der Waals surface area contributed by atoms with E-state index < -0.39 is 10.8 Å². The van der Waals surface area contributed by atoms with Crippen LogP contribution in [0.1, 0.15) is 6.92 Å². The van der Waals surface area contributed by atoms with Gasteiger partial charge in [-0.2, -0.15) is 0 Å². The van der Waals surface area contributed by atoms with Gasteiger partial charge in [-0.25, -0.2) is 0 Å². The summed E-state index contributed by atoms with van der Waals surface area (Å²) in [6.07, 6.45) is 1.64. The molecular weight excluding hydrogens is 222 g/mol. The van der Waals surface area contributed by atoms with Crippen molar-refractivity contribution in [3.8, 4) is 5.75 Å². The SMILES string of the molecule is CCS(=O)c1cnc2ccccc2c1OC. The minimum atomic E-state index is -1.05. The zero-order valence-corrected chi connectivity index (χ0v) is 10.1. The van der Waals surface area contributed by atoms with Gasteiger partial charge < -0.3 is 4.74 Å². The number of benzene rings is 1. The van der Waals surface area contributed by atoms with E-state index in [1.54, 1.807) is 13.3 Å². The Kier molecular flexibility index (Phi) is 3.19. The van der Waals surface area contributed by atoms with Crippen LogP contribution in [0.2, 0.25) is 0 Å². The highest BCUT2D eigenvalue weighted by Gasteiger charge is 2.13. The van der Waals surface area contributed by atoms with Gasteiger partial charge in [-0.15, -0.1) is 0 Å². The summed E-state index contributed by atoms with van der Waals surface area (Å²) in [5.74, 6) is 1.24. The van der Waals surface area contributed by atoms with Crippen LogP contribution >= 0.6 is 0 Å². The molecule has 0 fully saturated rings. The molecule has 0 aliphatic rings. The summed E-state index contributed by atoms with van der Waals surface area (Å²) >= 11 is 0. The number of para-hydroxylation sites is 1. The molecule has 1 heterocycles. The maximum atomic E-state index is 11.8. The second-order valence-electron chi connectivity index (χ2n) is 3.31. The molecular formula is C12H13NO2S. The van der Waals surface area contributed by atoms with E-state index >= 15 is 0 Å². The van der Waals surface area contributed by atoms with E-state index in [1.165, 1.54) is 0 Å². The second kappa shape index (κ2) is 4.61. The third-order valence-corrected chi connectivity index (χ3v) is 3.71. The molecule has 0 N–H and O–H groups in total. The molecule has 2 aromatic rings. The molecule has 0 spiro atoms. The third kappa shape index (κ3) is 1.80. The number of pyridine rings is 1. The lowest BCUT2D eigenvalue weighted by atomic mass is 10.2. The summed E-state index contributed by atoms with van der Waals surface area (Å²) in [5, 5.41) is 0.907. The summed E-state index contributed by atoms with van der Waals surface area (Å²) < 4.78 is 17.2. The van der Waals surface area contributed by atoms with E-state index in [0.717, 1.165) is 10.9 Å². The lowest BCUT2D eigenvalue weighted by molar-refractivity contribution is 0.409. The summed E-state index contributed by atoms with van der Waals surface area (Å²) in [5.41, 5.74) is 0.858. The molecule has 84 valence electrons. The number of rotatable bonds is 3. The first-order chi connectivity index (χ1) is 7.77. The van der Waals surface area contributed by atoms with Crippen molar-refractivity contribution in [1.29, 1.82) is 0 Å². The van der Waals surface area contributed by atoms with Crippen LogP contribution in [0.15, 0.2) is 35.4 Å². The fraction of sp³-hybridized carbons (Fsp3) is 0.250. The van der Waals surface area contributed by atoms with Crippen LogP contribution in [0.3, 0.4) is 0 Å². The molecule has 0 aliphatic carbocycles. The molecule has 4 heteroatoms. The second-order valence-corrected chi connectivity index (χ2v) is 5.02. The van der Waals surface area contributed by atoms with E-state index in [1.807, 2.05) is 31.2 Å². The van der Waals surface area contributed by atoms with E-state index in [9.17, 15) is 4.21 Å². The van der Waals surface area contributed by atoms with Gasteiger partial charge in [-0.3, -0.25) is 9.19 Å². The average Bonchev–Trinajstić information content (AvgIpc) is 2.36. The van der Waals surface area contributed by atoms with Crippen molar-refractivity contribution in [2.75, 3.05) is 12.9 Å². The van der Waals surface area contributed by atoms with Crippen LogP contribution < -0.4 is 4.74 Å². The fourth-order valence-electron chi connectivity index (χ4n) is 1.63. The topological polar surface area (TPSA) is 39.2 Å². The first-order valence-corrected chi connectivity index (χ1v) is 6.40. The Morgan fingerprint density at radius 1 is 1.38 bits per heavy atom. The van der Waals surface area contributed by atoms with Gasteiger partial charge >= 0.3 is 0 Å². The van der Waals surface area contributed by atoms with Gasteiger partial charge in [-0.05, 0) is 12.1 Å². The molecule has 3 nitrogen and oxygen atoms in total. The summed E-state index contributed by atoms with van der Waals surface area (Å²) in [6.45, 7) is 1.88. The molecule has 2 rings (SSSR count). The highest BCUT2D eigenvalue weighted by atomic mass is 32.2. The van der Waals surface area contributed by atoms with E-state index in [2.05, 4.69) is 4.98 Å². The number of aromatic nitrogens is 1. The standard InChI is InChI=1S/C12H13NO2S/c1-3-16(14)11-8-13-10-7-5-4-6-9(10)12(11)15-2/h4-8H,3H2,1-2H3. The average molecular weight is 235 g/mol. The predicted octanol–water partition coefficient (Wildman–Crippen LogP) is 2.37. The van der Waals surface area contributed by atoms with Crippen LogP contribution in [0, 0.1) is 0 Å². The highest BCUT2D eigenvalue weighted by Crippen LogP contribution is 2.30. The van der Waals surface area contributed by atoms with E-state index in [0.29, 0.717) is 16.4 Å². The number of hydrogen-bond acceptors (Lipinski definition) is 3. The summed E-state index contributed by atoms with van der Waals surface area (Å²) in [6, 6.07) is 7.68. The number of nitrogens with zero attached hydrogens (tertiary/aromatic N) is 1. The van der Waals surface area contributed by atoms with Gasteiger partial charge in [0.05, 0.1) is 28.3 Å². The molecule has 1 aromatic carbocycles. The largest absolute Gasteiger partial charge is 0.495 e. The normalized spacial score (nSPS) is 12.6.